The van der Waals surface area contributed by atoms with Gasteiger partial charge in [0.25, 0.3) is 0 Å². The molecule has 0 radical (unpaired) electrons. The first-order chi connectivity index (χ1) is 8.95. The Labute approximate surface area is 126 Å². The molecule has 0 aliphatic carbocycles. The molecule has 0 aromatic heterocycles. The summed E-state index contributed by atoms with van der Waals surface area (Å²) in [5.74, 6) is 0.0505. The van der Waals surface area contributed by atoms with Gasteiger partial charge in [0.15, 0.2) is 8.32 Å². The van der Waals surface area contributed by atoms with Crippen LogP contribution in [0.5, 0.6) is 0 Å². The Kier molecular flexibility index (Phi) is 7.83. The van der Waals surface area contributed by atoms with Gasteiger partial charge in [-0.15, -0.1) is 0 Å². The maximum absolute atomic E-state index is 11.5. The van der Waals surface area contributed by atoms with E-state index >= 15 is 0 Å². The van der Waals surface area contributed by atoms with Crippen LogP contribution < -0.4 is 0 Å². The van der Waals surface area contributed by atoms with Crippen LogP contribution >= 0.6 is 11.8 Å². The highest BCUT2D eigenvalue weighted by Gasteiger charge is 2.36. The van der Waals surface area contributed by atoms with Crippen LogP contribution in [0.3, 0.4) is 0 Å². The van der Waals surface area contributed by atoms with Gasteiger partial charge in [-0.1, -0.05) is 20.8 Å². The van der Waals surface area contributed by atoms with Gasteiger partial charge in [-0.05, 0) is 29.9 Å². The molecule has 0 saturated carbocycles. The summed E-state index contributed by atoms with van der Waals surface area (Å²) in [6.07, 6.45) is -0.853. The fourth-order valence-corrected chi connectivity index (χ4v) is 2.80. The van der Waals surface area contributed by atoms with Gasteiger partial charge >= 0.3 is 11.3 Å². The fraction of sp³-hybridized carbons (Fsp3) is 0.846. The van der Waals surface area contributed by atoms with Crippen LogP contribution in [0.2, 0.25) is 18.1 Å². The molecule has 0 saturated heterocycles. The lowest BCUT2D eigenvalue weighted by atomic mass is 10.2. The molecule has 5 nitrogen and oxygen atoms in total. The molecule has 0 aromatic rings. The Hall–Kier alpha value is -0.533. The maximum atomic E-state index is 11.5. The Morgan fingerprint density at radius 1 is 1.20 bits per heavy atom. The largest absolute Gasteiger partial charge is 0.426 e. The predicted molar refractivity (Wildman–Crippen MR) is 83.3 cm³/mol. The second-order valence-corrected chi connectivity index (χ2v) is 11.8. The van der Waals surface area contributed by atoms with Crippen LogP contribution in [0, 0.1) is 0 Å². The third-order valence-electron chi connectivity index (χ3n) is 3.17. The number of carbonyl (C=O) groups excluding carboxylic acids is 2. The van der Waals surface area contributed by atoms with Gasteiger partial charge in [0.1, 0.15) is 0 Å². The summed E-state index contributed by atoms with van der Waals surface area (Å²) in [5, 5.41) is -0.306. The minimum atomic E-state index is -1.77. The molecular formula is C13H26O5SSi. The number of hydrogen-bond donors (Lipinski definition) is 0. The molecule has 0 aromatic carbocycles. The standard InChI is InChI=1S/C13H26O5SSi/c1-10(14)17-11(2)18-12(15)19-9-8-16-20(6,7)13(3,4)5/h11H,8-9H2,1-7H3. The van der Waals surface area contributed by atoms with Gasteiger partial charge in [-0.2, -0.15) is 0 Å². The third-order valence-corrected chi connectivity index (χ3v) is 8.41. The highest BCUT2D eigenvalue weighted by atomic mass is 32.2. The quantitative estimate of drug-likeness (QED) is 0.321. The number of ether oxygens (including phenoxy) is 2. The summed E-state index contributed by atoms with van der Waals surface area (Å²) in [4.78, 5) is 22.1. The molecule has 0 N–H and O–H groups in total. The van der Waals surface area contributed by atoms with Gasteiger partial charge in [0.05, 0.1) is 0 Å². The highest BCUT2D eigenvalue weighted by Crippen LogP contribution is 2.36. The lowest BCUT2D eigenvalue weighted by molar-refractivity contribution is -0.160. The molecule has 0 fully saturated rings. The monoisotopic (exact) mass is 322 g/mol. The summed E-state index contributed by atoms with van der Waals surface area (Å²) in [6.45, 7) is 14.1. The van der Waals surface area contributed by atoms with E-state index in [1.165, 1.54) is 13.8 Å². The zero-order chi connectivity index (χ0) is 16.0. The minimum Gasteiger partial charge on any atom is -0.426 e. The van der Waals surface area contributed by atoms with E-state index in [9.17, 15) is 9.59 Å². The molecule has 0 aliphatic heterocycles. The summed E-state index contributed by atoms with van der Waals surface area (Å²) >= 11 is 1.03. The Balaban J connectivity index is 3.91. The van der Waals surface area contributed by atoms with E-state index < -0.39 is 25.9 Å². The molecule has 0 heterocycles. The first-order valence-corrected chi connectivity index (χ1v) is 10.5. The lowest BCUT2D eigenvalue weighted by Crippen LogP contribution is -2.41. The average molecular weight is 322 g/mol. The van der Waals surface area contributed by atoms with E-state index in [4.69, 9.17) is 13.9 Å². The molecule has 7 heteroatoms. The zero-order valence-corrected chi connectivity index (χ0v) is 15.3. The molecule has 0 spiro atoms. The number of hydrogen-bond acceptors (Lipinski definition) is 6. The molecular weight excluding hydrogens is 296 g/mol. The number of esters is 1. The van der Waals surface area contributed by atoms with Crippen molar-refractivity contribution in [3.63, 3.8) is 0 Å². The molecule has 0 amide bonds. The van der Waals surface area contributed by atoms with E-state index in [1.54, 1.807) is 0 Å². The number of thioether (sulfide) groups is 1. The first-order valence-electron chi connectivity index (χ1n) is 6.60. The highest BCUT2D eigenvalue weighted by molar-refractivity contribution is 8.13. The van der Waals surface area contributed by atoms with Crippen molar-refractivity contribution in [3.05, 3.63) is 0 Å². The summed E-state index contributed by atoms with van der Waals surface area (Å²) < 4.78 is 15.5. The zero-order valence-electron chi connectivity index (χ0n) is 13.4. The van der Waals surface area contributed by atoms with Crippen molar-refractivity contribution in [2.45, 2.75) is 59.0 Å². The normalized spacial score (nSPS) is 13.8. The van der Waals surface area contributed by atoms with E-state index in [2.05, 4.69) is 33.9 Å². The van der Waals surface area contributed by atoms with Crippen molar-refractivity contribution in [2.24, 2.45) is 0 Å². The van der Waals surface area contributed by atoms with Gasteiger partial charge < -0.3 is 13.9 Å². The van der Waals surface area contributed by atoms with Crippen molar-refractivity contribution in [1.82, 2.24) is 0 Å². The van der Waals surface area contributed by atoms with Crippen molar-refractivity contribution in [2.75, 3.05) is 12.4 Å². The van der Waals surface area contributed by atoms with Crippen molar-refractivity contribution in [3.8, 4) is 0 Å². The van der Waals surface area contributed by atoms with Crippen LogP contribution in [0.15, 0.2) is 0 Å². The Morgan fingerprint density at radius 3 is 2.20 bits per heavy atom. The predicted octanol–water partition coefficient (Wildman–Crippen LogP) is 3.79. The smallest absolute Gasteiger partial charge is 0.370 e. The molecule has 1 atom stereocenters. The first kappa shape index (κ1) is 19.5. The molecule has 0 bridgehead atoms. The van der Waals surface area contributed by atoms with Crippen molar-refractivity contribution >= 4 is 31.3 Å². The maximum Gasteiger partial charge on any atom is 0.370 e. The third kappa shape index (κ3) is 7.91. The summed E-state index contributed by atoms with van der Waals surface area (Å²) in [5.41, 5.74) is 0. The van der Waals surface area contributed by atoms with E-state index in [1.807, 2.05) is 0 Å². The van der Waals surface area contributed by atoms with Crippen molar-refractivity contribution in [1.29, 1.82) is 0 Å². The number of rotatable bonds is 6. The lowest BCUT2D eigenvalue weighted by Gasteiger charge is -2.36. The van der Waals surface area contributed by atoms with Gasteiger partial charge in [0, 0.05) is 26.2 Å². The SMILES string of the molecule is CC(=O)OC(C)OC(=O)SCCO[Si](C)(C)C(C)(C)C. The molecule has 0 rings (SSSR count). The van der Waals surface area contributed by atoms with Crippen LogP contribution in [0.1, 0.15) is 34.6 Å². The minimum absolute atomic E-state index is 0.155. The fourth-order valence-electron chi connectivity index (χ4n) is 1.07. The second-order valence-electron chi connectivity index (χ2n) is 6.00. The average Bonchev–Trinajstić information content (AvgIpc) is 2.21. The topological polar surface area (TPSA) is 61.8 Å². The van der Waals surface area contributed by atoms with Gasteiger partial charge in [0.2, 0.25) is 6.29 Å². The summed E-state index contributed by atoms with van der Waals surface area (Å²) in [7, 11) is -1.77. The van der Waals surface area contributed by atoms with Crippen LogP contribution in [-0.4, -0.2) is 38.2 Å². The van der Waals surface area contributed by atoms with Gasteiger partial charge in [-0.25, -0.2) is 4.79 Å². The van der Waals surface area contributed by atoms with E-state index in [0.29, 0.717) is 12.4 Å². The summed E-state index contributed by atoms with van der Waals surface area (Å²) in [6, 6.07) is 0. The van der Waals surface area contributed by atoms with Crippen LogP contribution in [0.4, 0.5) is 4.79 Å². The second kappa shape index (κ2) is 8.04. The van der Waals surface area contributed by atoms with Crippen LogP contribution in [-0.2, 0) is 18.7 Å². The molecule has 0 aliphatic rings. The number of carbonyl (C=O) groups is 2. The van der Waals surface area contributed by atoms with E-state index in [0.717, 1.165) is 11.8 Å². The molecule has 20 heavy (non-hydrogen) atoms. The van der Waals surface area contributed by atoms with Gasteiger partial charge in [-0.3, -0.25) is 4.79 Å². The van der Waals surface area contributed by atoms with E-state index in [-0.39, 0.29) is 5.04 Å². The Bertz CT molecular complexity index is 338. The molecule has 1 unspecified atom stereocenters. The van der Waals surface area contributed by atoms with Crippen LogP contribution in [0.25, 0.3) is 0 Å². The molecule has 118 valence electrons. The Morgan fingerprint density at radius 2 is 1.75 bits per heavy atom. The van der Waals surface area contributed by atoms with Crippen molar-refractivity contribution < 1.29 is 23.5 Å².